The number of halogens is 1. The first kappa shape index (κ1) is 20.0. The van der Waals surface area contributed by atoms with Crippen LogP contribution < -0.4 is 5.32 Å². The number of nitro groups is 1. The fourth-order valence-electron chi connectivity index (χ4n) is 2.61. The number of carbonyl (C=O) groups excluding carboxylic acids is 1. The lowest BCUT2D eigenvalue weighted by molar-refractivity contribution is -0.384. The Hall–Kier alpha value is -2.72. The highest BCUT2D eigenvalue weighted by Gasteiger charge is 2.19. The van der Waals surface area contributed by atoms with Gasteiger partial charge in [-0.2, -0.15) is 0 Å². The highest BCUT2D eigenvalue weighted by molar-refractivity contribution is 9.10. The number of carbonyl (C=O) groups is 1. The lowest BCUT2D eigenvalue weighted by Crippen LogP contribution is -2.16. The van der Waals surface area contributed by atoms with Crippen molar-refractivity contribution < 1.29 is 9.72 Å². The molecule has 0 bridgehead atoms. The molecular formula is C18H16BrN5O3S. The number of aromatic amines is 1. The Balaban J connectivity index is 1.66. The molecule has 0 atom stereocenters. The second-order valence-electron chi connectivity index (χ2n) is 6.04. The first-order chi connectivity index (χ1) is 13.3. The Bertz CT molecular complexity index is 1040. The van der Waals surface area contributed by atoms with Gasteiger partial charge in [-0.1, -0.05) is 45.9 Å². The number of amides is 1. The van der Waals surface area contributed by atoms with Gasteiger partial charge in [-0.3, -0.25) is 20.0 Å². The molecule has 144 valence electrons. The minimum absolute atomic E-state index is 0.0299. The van der Waals surface area contributed by atoms with Gasteiger partial charge in [0.25, 0.3) is 5.69 Å². The summed E-state index contributed by atoms with van der Waals surface area (Å²) < 4.78 is 0.961. The van der Waals surface area contributed by atoms with Crippen LogP contribution in [0.25, 0.3) is 11.4 Å². The fourth-order valence-corrected chi connectivity index (χ4v) is 3.47. The van der Waals surface area contributed by atoms with Gasteiger partial charge in [-0.25, -0.2) is 4.98 Å². The van der Waals surface area contributed by atoms with Crippen LogP contribution in [0.3, 0.4) is 0 Å². The zero-order valence-corrected chi connectivity index (χ0v) is 17.4. The van der Waals surface area contributed by atoms with Gasteiger partial charge in [0.05, 0.1) is 10.7 Å². The van der Waals surface area contributed by atoms with E-state index in [-0.39, 0.29) is 23.0 Å². The number of nitro benzene ring substituents is 1. The van der Waals surface area contributed by atoms with E-state index in [9.17, 15) is 14.9 Å². The van der Waals surface area contributed by atoms with E-state index in [0.29, 0.717) is 16.5 Å². The maximum Gasteiger partial charge on any atom is 0.293 e. The molecular weight excluding hydrogens is 446 g/mol. The zero-order valence-electron chi connectivity index (χ0n) is 15.0. The third-order valence-electron chi connectivity index (χ3n) is 3.84. The van der Waals surface area contributed by atoms with Crippen molar-refractivity contribution in [3.63, 3.8) is 0 Å². The summed E-state index contributed by atoms with van der Waals surface area (Å²) in [5, 5.41) is 21.2. The van der Waals surface area contributed by atoms with Crippen LogP contribution in [-0.2, 0) is 4.79 Å². The second-order valence-corrected chi connectivity index (χ2v) is 7.90. The van der Waals surface area contributed by atoms with Crippen LogP contribution in [0.1, 0.15) is 11.1 Å². The number of benzene rings is 2. The largest absolute Gasteiger partial charge is 0.319 e. The molecule has 3 rings (SSSR count). The number of thioether (sulfide) groups is 1. The number of aromatic nitrogens is 3. The van der Waals surface area contributed by atoms with Crippen molar-refractivity contribution in [3.05, 3.63) is 62.1 Å². The molecule has 28 heavy (non-hydrogen) atoms. The number of nitrogens with one attached hydrogen (secondary N) is 2. The number of hydrogen-bond donors (Lipinski definition) is 2. The molecule has 0 saturated heterocycles. The standard InChI is InChI=1S/C18H16BrN5O3S/c1-10-7-11(2)16(14(8-10)24(26)27)20-15(25)9-28-18-21-17(22-23-18)12-3-5-13(19)6-4-12/h3-8H,9H2,1-2H3,(H,20,25)(H,21,22,23). The van der Waals surface area contributed by atoms with Crippen molar-refractivity contribution >= 4 is 45.0 Å². The number of H-pyrrole nitrogens is 1. The van der Waals surface area contributed by atoms with Gasteiger partial charge >= 0.3 is 0 Å². The van der Waals surface area contributed by atoms with Gasteiger partial charge in [0.2, 0.25) is 11.1 Å². The SMILES string of the molecule is Cc1cc(C)c(NC(=O)CSc2n[nH]c(-c3ccc(Br)cc3)n2)c([N+](=O)[O-])c1. The van der Waals surface area contributed by atoms with E-state index in [1.807, 2.05) is 24.3 Å². The summed E-state index contributed by atoms with van der Waals surface area (Å²) in [6.45, 7) is 3.50. The van der Waals surface area contributed by atoms with Crippen molar-refractivity contribution in [2.75, 3.05) is 11.1 Å². The van der Waals surface area contributed by atoms with Crippen molar-refractivity contribution in [1.29, 1.82) is 0 Å². The maximum absolute atomic E-state index is 12.3. The zero-order chi connectivity index (χ0) is 20.3. The summed E-state index contributed by atoms with van der Waals surface area (Å²) in [6, 6.07) is 10.8. The van der Waals surface area contributed by atoms with Crippen molar-refractivity contribution in [3.8, 4) is 11.4 Å². The van der Waals surface area contributed by atoms with E-state index >= 15 is 0 Å². The molecule has 0 fully saturated rings. The van der Waals surface area contributed by atoms with Gasteiger partial charge in [0, 0.05) is 16.1 Å². The highest BCUT2D eigenvalue weighted by atomic mass is 79.9. The first-order valence-corrected chi connectivity index (χ1v) is 9.98. The van der Waals surface area contributed by atoms with Crippen LogP contribution in [0.2, 0.25) is 0 Å². The van der Waals surface area contributed by atoms with Crippen LogP contribution in [0, 0.1) is 24.0 Å². The van der Waals surface area contributed by atoms with Crippen LogP contribution in [0.5, 0.6) is 0 Å². The molecule has 1 amide bonds. The quantitative estimate of drug-likeness (QED) is 0.317. The number of nitrogens with zero attached hydrogens (tertiary/aromatic N) is 3. The number of rotatable bonds is 6. The minimum Gasteiger partial charge on any atom is -0.319 e. The number of aryl methyl sites for hydroxylation is 2. The molecule has 0 spiro atoms. The maximum atomic E-state index is 12.3. The van der Waals surface area contributed by atoms with E-state index in [1.54, 1.807) is 19.9 Å². The smallest absolute Gasteiger partial charge is 0.293 e. The summed E-state index contributed by atoms with van der Waals surface area (Å²) in [5.74, 6) is 0.262. The number of anilines is 1. The normalized spacial score (nSPS) is 10.7. The number of hydrogen-bond acceptors (Lipinski definition) is 6. The summed E-state index contributed by atoms with van der Waals surface area (Å²) in [7, 11) is 0. The predicted octanol–water partition coefficient (Wildman–Crippen LogP) is 4.49. The highest BCUT2D eigenvalue weighted by Crippen LogP contribution is 2.30. The van der Waals surface area contributed by atoms with Crippen LogP contribution in [0.4, 0.5) is 11.4 Å². The van der Waals surface area contributed by atoms with Gasteiger partial charge in [-0.15, -0.1) is 5.10 Å². The van der Waals surface area contributed by atoms with Crippen LogP contribution >= 0.6 is 27.7 Å². The van der Waals surface area contributed by atoms with E-state index in [2.05, 4.69) is 36.4 Å². The first-order valence-electron chi connectivity index (χ1n) is 8.20. The molecule has 2 aromatic carbocycles. The Labute approximate surface area is 173 Å². The Morgan fingerprint density at radius 1 is 1.29 bits per heavy atom. The van der Waals surface area contributed by atoms with Crippen molar-refractivity contribution in [1.82, 2.24) is 15.2 Å². The van der Waals surface area contributed by atoms with Crippen molar-refractivity contribution in [2.24, 2.45) is 0 Å². The molecule has 0 radical (unpaired) electrons. The molecule has 0 saturated carbocycles. The average Bonchev–Trinajstić information content (AvgIpc) is 3.11. The minimum atomic E-state index is -0.498. The fraction of sp³-hybridized carbons (Fsp3) is 0.167. The van der Waals surface area contributed by atoms with E-state index in [0.717, 1.165) is 27.4 Å². The molecule has 2 N–H and O–H groups in total. The third kappa shape index (κ3) is 4.76. The van der Waals surface area contributed by atoms with Crippen LogP contribution in [-0.4, -0.2) is 31.8 Å². The van der Waals surface area contributed by atoms with E-state index in [4.69, 9.17) is 0 Å². The second kappa shape index (κ2) is 8.53. The van der Waals surface area contributed by atoms with Crippen molar-refractivity contribution in [2.45, 2.75) is 19.0 Å². The van der Waals surface area contributed by atoms with Gasteiger partial charge < -0.3 is 5.32 Å². The van der Waals surface area contributed by atoms with E-state index < -0.39 is 4.92 Å². The molecule has 0 aliphatic rings. The predicted molar refractivity (Wildman–Crippen MR) is 111 cm³/mol. The summed E-state index contributed by atoms with van der Waals surface area (Å²) in [5.41, 5.74) is 2.37. The Kier molecular flexibility index (Phi) is 6.10. The molecule has 0 unspecified atom stereocenters. The third-order valence-corrected chi connectivity index (χ3v) is 5.21. The van der Waals surface area contributed by atoms with Crippen LogP contribution in [0.15, 0.2) is 46.0 Å². The molecule has 8 nitrogen and oxygen atoms in total. The lowest BCUT2D eigenvalue weighted by atomic mass is 10.1. The molecule has 1 aromatic heterocycles. The summed E-state index contributed by atoms with van der Waals surface area (Å²) >= 11 is 4.52. The topological polar surface area (TPSA) is 114 Å². The summed E-state index contributed by atoms with van der Waals surface area (Å²) in [6.07, 6.45) is 0. The molecule has 3 aromatic rings. The Morgan fingerprint density at radius 3 is 2.68 bits per heavy atom. The summed E-state index contributed by atoms with van der Waals surface area (Å²) in [4.78, 5) is 27.4. The Morgan fingerprint density at radius 2 is 2.00 bits per heavy atom. The molecule has 10 heteroatoms. The monoisotopic (exact) mass is 461 g/mol. The average molecular weight is 462 g/mol. The van der Waals surface area contributed by atoms with Gasteiger partial charge in [-0.05, 0) is 37.1 Å². The molecule has 0 aliphatic carbocycles. The molecule has 0 aliphatic heterocycles. The van der Waals surface area contributed by atoms with Gasteiger partial charge in [0.15, 0.2) is 5.82 Å². The van der Waals surface area contributed by atoms with E-state index in [1.165, 1.54) is 6.07 Å². The van der Waals surface area contributed by atoms with Gasteiger partial charge in [0.1, 0.15) is 5.69 Å². The molecule has 1 heterocycles. The lowest BCUT2D eigenvalue weighted by Gasteiger charge is -2.09.